The summed E-state index contributed by atoms with van der Waals surface area (Å²) in [6.07, 6.45) is 0. The second-order valence-corrected chi connectivity index (χ2v) is 14.6. The lowest BCUT2D eigenvalue weighted by molar-refractivity contribution is 0.423. The predicted molar refractivity (Wildman–Crippen MR) is 223 cm³/mol. The maximum absolute atomic E-state index is 2.48. The Bertz CT molecular complexity index is 2680. The molecule has 0 atom stereocenters. The molecule has 0 aliphatic carbocycles. The Balaban J connectivity index is 1.10. The molecule has 0 aliphatic rings. The Labute approximate surface area is 305 Å². The Kier molecular flexibility index (Phi) is 7.74. The van der Waals surface area contributed by atoms with Gasteiger partial charge in [0.1, 0.15) is 0 Å². The molecule has 8 aromatic carbocycles. The molecule has 1 heterocycles. The first-order chi connectivity index (χ1) is 25.4. The number of fused-ring (bicyclic) bond motifs is 4. The molecule has 1 aromatic heterocycles. The summed E-state index contributed by atoms with van der Waals surface area (Å²) >= 11 is 0. The van der Waals surface area contributed by atoms with Gasteiger partial charge in [-0.15, -0.1) is 0 Å². The summed E-state index contributed by atoms with van der Waals surface area (Å²) in [6, 6.07) is 68.3. The third kappa shape index (κ3) is 5.54. The van der Waals surface area contributed by atoms with Crippen molar-refractivity contribution in [3.05, 3.63) is 188 Å². The molecule has 0 N–H and O–H groups in total. The van der Waals surface area contributed by atoms with Crippen molar-refractivity contribution < 1.29 is 0 Å². The van der Waals surface area contributed by atoms with Gasteiger partial charge in [-0.25, -0.2) is 0 Å². The summed E-state index contributed by atoms with van der Waals surface area (Å²) in [5.74, 6) is 0. The quantitative estimate of drug-likeness (QED) is 0.171. The maximum atomic E-state index is 2.48. The van der Waals surface area contributed by atoms with Gasteiger partial charge < -0.3 is 9.47 Å². The fourth-order valence-electron chi connectivity index (χ4n) is 7.92. The van der Waals surface area contributed by atoms with Gasteiger partial charge in [-0.3, -0.25) is 0 Å². The van der Waals surface area contributed by atoms with E-state index in [2.05, 4.69) is 218 Å². The molecule has 0 saturated carbocycles. The monoisotopic (exact) mass is 668 g/mol. The molecule has 0 amide bonds. The van der Waals surface area contributed by atoms with Crippen LogP contribution in [0, 0.1) is 0 Å². The Morgan fingerprint density at radius 3 is 1.44 bits per heavy atom. The first-order valence-electron chi connectivity index (χ1n) is 18.1. The molecule has 2 heteroatoms. The highest BCUT2D eigenvalue weighted by Crippen LogP contribution is 2.41. The lowest BCUT2D eigenvalue weighted by atomic mass is 9.92. The number of para-hydroxylation sites is 2. The van der Waals surface area contributed by atoms with E-state index in [4.69, 9.17) is 0 Å². The number of hydrogen-bond acceptors (Lipinski definition) is 1. The molecule has 0 radical (unpaired) electrons. The molecule has 0 saturated heterocycles. The van der Waals surface area contributed by atoms with Crippen molar-refractivity contribution in [2.45, 2.75) is 26.3 Å². The van der Waals surface area contributed by atoms with Crippen LogP contribution in [0.2, 0.25) is 0 Å². The van der Waals surface area contributed by atoms with Crippen LogP contribution in [0.3, 0.4) is 0 Å². The van der Waals surface area contributed by atoms with Crippen molar-refractivity contribution in [1.82, 2.24) is 4.57 Å². The zero-order valence-electron chi connectivity index (χ0n) is 29.8. The van der Waals surface area contributed by atoms with Crippen molar-refractivity contribution in [2.75, 3.05) is 4.90 Å². The van der Waals surface area contributed by atoms with E-state index in [-0.39, 0.29) is 5.54 Å². The fraction of sp³-hybridized carbons (Fsp3) is 0.0800. The van der Waals surface area contributed by atoms with Gasteiger partial charge in [0.05, 0.1) is 0 Å². The lowest BCUT2D eigenvalue weighted by Crippen LogP contribution is -2.21. The normalized spacial score (nSPS) is 11.8. The number of rotatable bonds is 6. The van der Waals surface area contributed by atoms with Crippen LogP contribution in [0.25, 0.3) is 66.0 Å². The minimum Gasteiger partial charge on any atom is -0.335 e. The predicted octanol–water partition coefficient (Wildman–Crippen LogP) is 14.2. The molecule has 0 spiro atoms. The average molecular weight is 669 g/mol. The summed E-state index contributed by atoms with van der Waals surface area (Å²) in [5, 5.41) is 5.10. The summed E-state index contributed by atoms with van der Waals surface area (Å²) in [5.41, 5.74) is 13.2. The maximum Gasteiger partial charge on any atom is 0.0496 e. The van der Waals surface area contributed by atoms with Gasteiger partial charge in [-0.1, -0.05) is 133 Å². The first-order valence-corrected chi connectivity index (χ1v) is 18.1. The Hall–Kier alpha value is -6.38. The summed E-state index contributed by atoms with van der Waals surface area (Å²) in [6.45, 7) is 6.86. The highest BCUT2D eigenvalue weighted by atomic mass is 15.1. The van der Waals surface area contributed by atoms with Crippen LogP contribution in [0.4, 0.5) is 17.1 Å². The first kappa shape index (κ1) is 31.6. The van der Waals surface area contributed by atoms with Crippen molar-refractivity contribution in [3.63, 3.8) is 0 Å². The topological polar surface area (TPSA) is 8.17 Å². The molecule has 0 fully saturated rings. The smallest absolute Gasteiger partial charge is 0.0496 e. The van der Waals surface area contributed by atoms with E-state index in [1.165, 1.54) is 66.0 Å². The van der Waals surface area contributed by atoms with Crippen LogP contribution in [-0.2, 0) is 5.54 Å². The number of anilines is 3. The highest BCUT2D eigenvalue weighted by molar-refractivity contribution is 6.11. The second-order valence-electron chi connectivity index (χ2n) is 14.6. The van der Waals surface area contributed by atoms with Gasteiger partial charge in [0.15, 0.2) is 0 Å². The molecule has 2 nitrogen and oxygen atoms in total. The fourth-order valence-corrected chi connectivity index (χ4v) is 7.92. The van der Waals surface area contributed by atoms with Crippen LogP contribution in [-0.4, -0.2) is 4.57 Å². The number of benzene rings is 8. The van der Waals surface area contributed by atoms with E-state index >= 15 is 0 Å². The highest BCUT2D eigenvalue weighted by Gasteiger charge is 2.21. The largest absolute Gasteiger partial charge is 0.335 e. The lowest BCUT2D eigenvalue weighted by Gasteiger charge is -2.26. The molecule has 9 rings (SSSR count). The van der Waals surface area contributed by atoms with Gasteiger partial charge in [-0.05, 0) is 120 Å². The summed E-state index contributed by atoms with van der Waals surface area (Å²) in [7, 11) is 0. The van der Waals surface area contributed by atoms with Crippen molar-refractivity contribution in [2.24, 2.45) is 0 Å². The van der Waals surface area contributed by atoms with E-state index in [0.717, 1.165) is 17.1 Å². The zero-order chi connectivity index (χ0) is 35.2. The van der Waals surface area contributed by atoms with Crippen molar-refractivity contribution >= 4 is 49.6 Å². The van der Waals surface area contributed by atoms with Crippen LogP contribution < -0.4 is 4.90 Å². The standard InChI is InChI=1S/C50H40N2/c1-50(2,3)52-48-23-11-10-18-46(48)47-34-38(28-33-49(47)52)43-20-13-21-44-42(19-12-22-45(43)44)37-26-31-41(32-27-37)51(39-16-8-5-9-17-39)40-29-24-36(25-30-40)35-14-6-4-7-15-35/h4-34H,1-3H3. The third-order valence-electron chi connectivity index (χ3n) is 10.3. The minimum absolute atomic E-state index is 0.0299. The van der Waals surface area contributed by atoms with Gasteiger partial charge >= 0.3 is 0 Å². The van der Waals surface area contributed by atoms with Gasteiger partial charge in [0.2, 0.25) is 0 Å². The summed E-state index contributed by atoms with van der Waals surface area (Å²) in [4.78, 5) is 2.33. The Morgan fingerprint density at radius 2 is 0.808 bits per heavy atom. The van der Waals surface area contributed by atoms with Gasteiger partial charge in [-0.2, -0.15) is 0 Å². The Morgan fingerprint density at radius 1 is 0.346 bits per heavy atom. The van der Waals surface area contributed by atoms with Crippen molar-refractivity contribution in [1.29, 1.82) is 0 Å². The minimum atomic E-state index is -0.0299. The molecule has 0 aliphatic heterocycles. The second kappa shape index (κ2) is 12.7. The molecule has 0 bridgehead atoms. The van der Waals surface area contributed by atoms with E-state index < -0.39 is 0 Å². The van der Waals surface area contributed by atoms with E-state index in [1.807, 2.05) is 0 Å². The molecule has 52 heavy (non-hydrogen) atoms. The van der Waals surface area contributed by atoms with E-state index in [1.54, 1.807) is 0 Å². The van der Waals surface area contributed by atoms with Crippen molar-refractivity contribution in [3.8, 4) is 33.4 Å². The molecular weight excluding hydrogens is 629 g/mol. The van der Waals surface area contributed by atoms with Crippen LogP contribution in [0.1, 0.15) is 20.8 Å². The number of hydrogen-bond donors (Lipinski definition) is 0. The number of aromatic nitrogens is 1. The van der Waals surface area contributed by atoms with Crippen LogP contribution in [0.5, 0.6) is 0 Å². The number of nitrogens with zero attached hydrogens (tertiary/aromatic N) is 2. The molecule has 250 valence electrons. The van der Waals surface area contributed by atoms with Crippen LogP contribution in [0.15, 0.2) is 188 Å². The molecule has 0 unspecified atom stereocenters. The third-order valence-corrected chi connectivity index (χ3v) is 10.3. The molecule has 9 aromatic rings. The van der Waals surface area contributed by atoms with Gasteiger partial charge in [0, 0.05) is 44.4 Å². The SMILES string of the molecule is CC(C)(C)n1c2ccccc2c2cc(-c3cccc4c(-c5ccc(N(c6ccccc6)c6ccc(-c7ccccc7)cc6)cc5)cccc34)ccc21. The van der Waals surface area contributed by atoms with E-state index in [9.17, 15) is 0 Å². The zero-order valence-corrected chi connectivity index (χ0v) is 29.8. The summed E-state index contributed by atoms with van der Waals surface area (Å²) < 4.78 is 2.48. The van der Waals surface area contributed by atoms with E-state index in [0.29, 0.717) is 0 Å². The van der Waals surface area contributed by atoms with Crippen LogP contribution >= 0.6 is 0 Å². The van der Waals surface area contributed by atoms with Gasteiger partial charge in [0.25, 0.3) is 0 Å². The average Bonchev–Trinajstić information content (AvgIpc) is 3.53. The molecular formula is C50H40N2.